The molecular formula is C25H27F2N5O4. The number of benzene rings is 1. The van der Waals surface area contributed by atoms with Gasteiger partial charge in [0.1, 0.15) is 23.4 Å². The van der Waals surface area contributed by atoms with Crippen molar-refractivity contribution >= 4 is 17.7 Å². The zero-order chi connectivity index (χ0) is 25.3. The first-order chi connectivity index (χ1) is 17.3. The smallest absolute Gasteiger partial charge is 0.292 e. The molecule has 0 bridgehead atoms. The van der Waals surface area contributed by atoms with E-state index < -0.39 is 17.7 Å². The van der Waals surface area contributed by atoms with E-state index in [0.29, 0.717) is 12.3 Å². The second kappa shape index (κ2) is 9.63. The van der Waals surface area contributed by atoms with Gasteiger partial charge in [0.15, 0.2) is 0 Å². The van der Waals surface area contributed by atoms with E-state index in [2.05, 4.69) is 20.2 Å². The Balaban J connectivity index is 1.09. The second-order valence-electron chi connectivity index (χ2n) is 9.13. The van der Waals surface area contributed by atoms with Crippen molar-refractivity contribution in [3.8, 4) is 11.5 Å². The molecule has 1 aliphatic carbocycles. The molecule has 2 aromatic heterocycles. The molecule has 1 aliphatic heterocycles. The number of ether oxygens (including phenoxy) is 2. The summed E-state index contributed by atoms with van der Waals surface area (Å²) in [5.41, 5.74) is 6.33. The number of carbonyl (C=O) groups excluding carboxylic acids is 1. The van der Waals surface area contributed by atoms with Crippen molar-refractivity contribution in [1.29, 1.82) is 0 Å². The number of rotatable bonds is 9. The highest BCUT2D eigenvalue weighted by Gasteiger charge is 2.57. The summed E-state index contributed by atoms with van der Waals surface area (Å²) in [4.78, 5) is 22.5. The SMILES string of the molecule is C[C@H](NC(=O)c1cnc(N)o1)c1ccc(OC2CCN(c3ccc(OCC4CC4(F)F)cn3)C2)cc1. The maximum absolute atomic E-state index is 13.0. The van der Waals surface area contributed by atoms with E-state index in [1.807, 2.05) is 37.3 Å². The molecule has 3 aromatic rings. The first-order valence-electron chi connectivity index (χ1n) is 11.8. The molecule has 0 radical (unpaired) electrons. The predicted octanol–water partition coefficient (Wildman–Crippen LogP) is 3.83. The van der Waals surface area contributed by atoms with Gasteiger partial charge in [-0.15, -0.1) is 0 Å². The lowest BCUT2D eigenvalue weighted by atomic mass is 10.1. The van der Waals surface area contributed by atoms with Crippen LogP contribution in [0, 0.1) is 5.92 Å². The summed E-state index contributed by atoms with van der Waals surface area (Å²) in [6.07, 6.45) is 3.59. The summed E-state index contributed by atoms with van der Waals surface area (Å²) < 4.78 is 42.6. The zero-order valence-corrected chi connectivity index (χ0v) is 19.7. The van der Waals surface area contributed by atoms with E-state index >= 15 is 0 Å². The molecular weight excluding hydrogens is 472 g/mol. The molecule has 11 heteroatoms. The van der Waals surface area contributed by atoms with Crippen LogP contribution in [-0.4, -0.2) is 47.6 Å². The van der Waals surface area contributed by atoms with E-state index in [4.69, 9.17) is 19.6 Å². The molecule has 2 fully saturated rings. The Kier molecular flexibility index (Phi) is 6.38. The standard InChI is InChI=1S/C25H27F2N5O4/c1-15(31-23(33)21-12-30-24(28)36-21)16-2-4-18(5-3-16)35-20-8-9-32(13-20)22-7-6-19(11-29-22)34-14-17-10-25(17,26)27/h2-7,11-12,15,17,20H,8-10,13-14H2,1H3,(H2,28,30)(H,31,33)/t15-,17?,20?/m0/s1. The van der Waals surface area contributed by atoms with Gasteiger partial charge in [-0.25, -0.2) is 18.7 Å². The molecule has 1 amide bonds. The average Bonchev–Trinajstić information content (AvgIpc) is 3.21. The third-order valence-corrected chi connectivity index (χ3v) is 6.37. The summed E-state index contributed by atoms with van der Waals surface area (Å²) in [5, 5.41) is 2.84. The van der Waals surface area contributed by atoms with Crippen molar-refractivity contribution < 1.29 is 27.5 Å². The highest BCUT2D eigenvalue weighted by atomic mass is 19.3. The second-order valence-corrected chi connectivity index (χ2v) is 9.13. The van der Waals surface area contributed by atoms with Crippen molar-refractivity contribution in [3.63, 3.8) is 0 Å². The molecule has 9 nitrogen and oxygen atoms in total. The molecule has 5 rings (SSSR count). The minimum atomic E-state index is -2.58. The lowest BCUT2D eigenvalue weighted by Crippen LogP contribution is -2.26. The van der Waals surface area contributed by atoms with Gasteiger partial charge in [0.25, 0.3) is 17.8 Å². The third-order valence-electron chi connectivity index (χ3n) is 6.37. The normalized spacial score (nSPS) is 21.1. The molecule has 3 N–H and O–H groups in total. The van der Waals surface area contributed by atoms with Crippen LogP contribution in [-0.2, 0) is 0 Å². The van der Waals surface area contributed by atoms with Gasteiger partial charge in [0, 0.05) is 19.4 Å². The summed E-state index contributed by atoms with van der Waals surface area (Å²) in [5.74, 6) is -1.59. The molecule has 2 aliphatic rings. The fourth-order valence-corrected chi connectivity index (χ4v) is 4.10. The number of hydrogen-bond donors (Lipinski definition) is 2. The summed E-state index contributed by atoms with van der Waals surface area (Å²) in [6, 6.07) is 10.8. The van der Waals surface area contributed by atoms with Crippen LogP contribution in [0.1, 0.15) is 41.9 Å². The highest BCUT2D eigenvalue weighted by molar-refractivity contribution is 5.91. The van der Waals surface area contributed by atoms with E-state index in [1.165, 1.54) is 6.20 Å². The number of nitrogens with one attached hydrogen (secondary N) is 1. The number of nitrogens with zero attached hydrogens (tertiary/aromatic N) is 3. The first-order valence-corrected chi connectivity index (χ1v) is 11.8. The quantitative estimate of drug-likeness (QED) is 0.456. The van der Waals surface area contributed by atoms with Gasteiger partial charge in [0.05, 0.1) is 37.5 Å². The van der Waals surface area contributed by atoms with Crippen LogP contribution in [0.25, 0.3) is 0 Å². The van der Waals surface area contributed by atoms with Crippen LogP contribution >= 0.6 is 0 Å². The minimum absolute atomic E-state index is 0.000267. The Morgan fingerprint density at radius 2 is 1.97 bits per heavy atom. The molecule has 36 heavy (non-hydrogen) atoms. The first kappa shape index (κ1) is 23.8. The van der Waals surface area contributed by atoms with Crippen molar-refractivity contribution in [1.82, 2.24) is 15.3 Å². The number of aromatic nitrogens is 2. The fourth-order valence-electron chi connectivity index (χ4n) is 4.10. The molecule has 1 saturated heterocycles. The summed E-state index contributed by atoms with van der Waals surface area (Å²) in [7, 11) is 0. The van der Waals surface area contributed by atoms with Gasteiger partial charge >= 0.3 is 0 Å². The Morgan fingerprint density at radius 1 is 1.22 bits per heavy atom. The van der Waals surface area contributed by atoms with Crippen LogP contribution in [0.5, 0.6) is 11.5 Å². The Bertz CT molecular complexity index is 1200. The number of halogens is 2. The molecule has 3 heterocycles. The van der Waals surface area contributed by atoms with Crippen LogP contribution in [0.3, 0.4) is 0 Å². The average molecular weight is 500 g/mol. The lowest BCUT2D eigenvalue weighted by Gasteiger charge is -2.19. The maximum Gasteiger partial charge on any atom is 0.292 e. The Labute approximate surface area is 206 Å². The molecule has 3 atom stereocenters. The zero-order valence-electron chi connectivity index (χ0n) is 19.7. The van der Waals surface area contributed by atoms with E-state index in [9.17, 15) is 13.6 Å². The van der Waals surface area contributed by atoms with Crippen molar-refractivity contribution in [2.75, 3.05) is 30.3 Å². The van der Waals surface area contributed by atoms with Crippen molar-refractivity contribution in [2.45, 2.75) is 37.8 Å². The third kappa shape index (κ3) is 5.50. The largest absolute Gasteiger partial charge is 0.491 e. The van der Waals surface area contributed by atoms with Crippen LogP contribution < -0.4 is 25.4 Å². The number of nitrogens with two attached hydrogens (primary N) is 1. The summed E-state index contributed by atoms with van der Waals surface area (Å²) in [6.45, 7) is 3.34. The molecule has 1 saturated carbocycles. The topological polar surface area (TPSA) is 116 Å². The van der Waals surface area contributed by atoms with Crippen LogP contribution in [0.2, 0.25) is 0 Å². The van der Waals surface area contributed by atoms with E-state index in [-0.39, 0.29) is 36.9 Å². The predicted molar refractivity (Wildman–Crippen MR) is 127 cm³/mol. The number of pyridine rings is 1. The number of alkyl halides is 2. The number of anilines is 2. The number of nitrogen functional groups attached to an aromatic ring is 1. The van der Waals surface area contributed by atoms with Gasteiger partial charge in [-0.2, -0.15) is 0 Å². The van der Waals surface area contributed by atoms with Crippen LogP contribution in [0.4, 0.5) is 20.6 Å². The molecule has 190 valence electrons. The number of oxazole rings is 1. The molecule has 0 spiro atoms. The fraction of sp³-hybridized carbons (Fsp3) is 0.400. The van der Waals surface area contributed by atoms with E-state index in [0.717, 1.165) is 30.1 Å². The van der Waals surface area contributed by atoms with Crippen molar-refractivity contribution in [3.05, 3.63) is 60.1 Å². The van der Waals surface area contributed by atoms with Gasteiger partial charge < -0.3 is 29.8 Å². The Hall–Kier alpha value is -3.89. The molecule has 2 unspecified atom stereocenters. The Morgan fingerprint density at radius 3 is 2.61 bits per heavy atom. The highest BCUT2D eigenvalue weighted by Crippen LogP contribution is 2.48. The maximum atomic E-state index is 13.0. The van der Waals surface area contributed by atoms with Crippen molar-refractivity contribution in [2.24, 2.45) is 5.92 Å². The monoisotopic (exact) mass is 499 g/mol. The van der Waals surface area contributed by atoms with Crippen LogP contribution in [0.15, 0.2) is 53.2 Å². The number of amides is 1. The van der Waals surface area contributed by atoms with Gasteiger partial charge in [-0.3, -0.25) is 4.79 Å². The number of hydrogen-bond acceptors (Lipinski definition) is 8. The lowest BCUT2D eigenvalue weighted by molar-refractivity contribution is 0.0854. The summed E-state index contributed by atoms with van der Waals surface area (Å²) >= 11 is 0. The molecule has 1 aromatic carbocycles. The van der Waals surface area contributed by atoms with E-state index in [1.54, 1.807) is 12.3 Å². The number of carbonyl (C=O) groups is 1. The van der Waals surface area contributed by atoms with Gasteiger partial charge in [-0.1, -0.05) is 12.1 Å². The van der Waals surface area contributed by atoms with Gasteiger partial charge in [-0.05, 0) is 36.8 Å². The minimum Gasteiger partial charge on any atom is -0.491 e. The van der Waals surface area contributed by atoms with Gasteiger partial charge in [0.2, 0.25) is 5.76 Å².